The SMILES string of the molecule is COCCCOc1cc(C(=O)N(/C=C2\CNC[C@H]2CN(C(=O)c2ccc(OC)c(OCCCOC)c2)C(C)C)C(C)C)ccc1OC. The Balaban J connectivity index is 1.82. The monoisotopic (exact) mass is 655 g/mol. The molecule has 1 aliphatic rings. The first-order chi connectivity index (χ1) is 22.6. The number of carbonyl (C=O) groups excluding carboxylic acids is 2. The quantitative estimate of drug-likeness (QED) is 0.208. The first-order valence-corrected chi connectivity index (χ1v) is 16.3. The van der Waals surface area contributed by atoms with Crippen molar-refractivity contribution in [2.75, 3.05) is 74.5 Å². The lowest BCUT2D eigenvalue weighted by Gasteiger charge is -2.31. The summed E-state index contributed by atoms with van der Waals surface area (Å²) in [6, 6.07) is 10.4. The van der Waals surface area contributed by atoms with E-state index in [2.05, 4.69) is 5.32 Å². The lowest BCUT2D eigenvalue weighted by Crippen LogP contribution is -2.41. The molecule has 1 N–H and O–H groups in total. The second-order valence-electron chi connectivity index (χ2n) is 12.0. The average Bonchev–Trinajstić information content (AvgIpc) is 3.51. The van der Waals surface area contributed by atoms with E-state index in [4.69, 9.17) is 28.4 Å². The molecule has 1 saturated heterocycles. The van der Waals surface area contributed by atoms with E-state index < -0.39 is 0 Å². The lowest BCUT2D eigenvalue weighted by molar-refractivity contribution is 0.0682. The maximum Gasteiger partial charge on any atom is 0.258 e. The molecule has 0 unspecified atom stereocenters. The Labute approximate surface area is 280 Å². The number of benzene rings is 2. The zero-order valence-electron chi connectivity index (χ0n) is 29.3. The van der Waals surface area contributed by atoms with Gasteiger partial charge in [-0.1, -0.05) is 0 Å². The number of amides is 2. The van der Waals surface area contributed by atoms with Crippen molar-refractivity contribution in [3.05, 3.63) is 59.3 Å². The Hall–Kier alpha value is -3.80. The highest BCUT2D eigenvalue weighted by molar-refractivity contribution is 5.96. The molecule has 11 heteroatoms. The summed E-state index contributed by atoms with van der Waals surface area (Å²) in [5.74, 6) is 1.95. The summed E-state index contributed by atoms with van der Waals surface area (Å²) in [7, 11) is 6.46. The molecule has 2 aromatic rings. The highest BCUT2D eigenvalue weighted by atomic mass is 16.5. The third kappa shape index (κ3) is 10.6. The van der Waals surface area contributed by atoms with Crippen LogP contribution in [0.4, 0.5) is 0 Å². The number of nitrogens with zero attached hydrogens (tertiary/aromatic N) is 2. The number of hydrogen-bond donors (Lipinski definition) is 1. The van der Waals surface area contributed by atoms with Gasteiger partial charge in [-0.05, 0) is 69.7 Å². The summed E-state index contributed by atoms with van der Waals surface area (Å²) in [5.41, 5.74) is 2.09. The smallest absolute Gasteiger partial charge is 0.258 e. The molecule has 47 heavy (non-hydrogen) atoms. The largest absolute Gasteiger partial charge is 0.493 e. The fourth-order valence-corrected chi connectivity index (χ4v) is 5.32. The van der Waals surface area contributed by atoms with Crippen molar-refractivity contribution in [1.29, 1.82) is 0 Å². The van der Waals surface area contributed by atoms with Gasteiger partial charge >= 0.3 is 0 Å². The predicted molar refractivity (Wildman–Crippen MR) is 182 cm³/mol. The number of carbonyl (C=O) groups is 2. The van der Waals surface area contributed by atoms with Crippen LogP contribution < -0.4 is 24.3 Å². The zero-order valence-corrected chi connectivity index (χ0v) is 29.3. The molecule has 0 spiro atoms. The van der Waals surface area contributed by atoms with E-state index in [1.54, 1.807) is 69.7 Å². The van der Waals surface area contributed by atoms with Crippen LogP contribution in [-0.4, -0.2) is 108 Å². The van der Waals surface area contributed by atoms with Gasteiger partial charge in [-0.3, -0.25) is 9.59 Å². The van der Waals surface area contributed by atoms with E-state index in [-0.39, 0.29) is 29.8 Å². The molecule has 260 valence electrons. The van der Waals surface area contributed by atoms with Crippen molar-refractivity contribution in [2.45, 2.75) is 52.6 Å². The zero-order chi connectivity index (χ0) is 34.3. The Morgan fingerprint density at radius 2 is 1.30 bits per heavy atom. The van der Waals surface area contributed by atoms with Crippen LogP contribution in [0.15, 0.2) is 48.2 Å². The van der Waals surface area contributed by atoms with Crippen molar-refractivity contribution in [1.82, 2.24) is 15.1 Å². The third-order valence-electron chi connectivity index (χ3n) is 7.96. The molecule has 1 atom stereocenters. The maximum atomic E-state index is 13.9. The van der Waals surface area contributed by atoms with E-state index in [1.165, 1.54) is 0 Å². The highest BCUT2D eigenvalue weighted by Gasteiger charge is 2.30. The summed E-state index contributed by atoms with van der Waals surface area (Å²) in [4.78, 5) is 31.4. The van der Waals surface area contributed by atoms with Gasteiger partial charge in [0.05, 0.1) is 27.4 Å². The van der Waals surface area contributed by atoms with Crippen molar-refractivity contribution >= 4 is 11.8 Å². The third-order valence-corrected chi connectivity index (χ3v) is 7.96. The number of ether oxygens (including phenoxy) is 6. The number of nitrogens with one attached hydrogen (secondary N) is 1. The number of methoxy groups -OCH3 is 4. The average molecular weight is 656 g/mol. The molecule has 1 aliphatic heterocycles. The lowest BCUT2D eigenvalue weighted by atomic mass is 10.0. The van der Waals surface area contributed by atoms with Crippen LogP contribution in [0.5, 0.6) is 23.0 Å². The molecular weight excluding hydrogens is 602 g/mol. The number of hydrogen-bond acceptors (Lipinski definition) is 9. The van der Waals surface area contributed by atoms with Crippen LogP contribution in [0, 0.1) is 5.92 Å². The van der Waals surface area contributed by atoms with Crippen molar-refractivity contribution in [3.63, 3.8) is 0 Å². The summed E-state index contributed by atoms with van der Waals surface area (Å²) in [5, 5.41) is 3.45. The molecule has 1 heterocycles. The van der Waals surface area contributed by atoms with Crippen LogP contribution in [-0.2, 0) is 9.47 Å². The molecule has 11 nitrogen and oxygen atoms in total. The van der Waals surface area contributed by atoms with E-state index in [1.807, 2.05) is 38.8 Å². The maximum absolute atomic E-state index is 13.9. The minimum absolute atomic E-state index is 0.0222. The Kier molecular flexibility index (Phi) is 15.3. The van der Waals surface area contributed by atoms with Gasteiger partial charge < -0.3 is 43.5 Å². The minimum Gasteiger partial charge on any atom is -0.493 e. The molecular formula is C36H53N3O8. The Morgan fingerprint density at radius 1 is 0.766 bits per heavy atom. The van der Waals surface area contributed by atoms with Crippen molar-refractivity contribution in [2.24, 2.45) is 5.92 Å². The van der Waals surface area contributed by atoms with Gasteiger partial charge in [0.2, 0.25) is 0 Å². The van der Waals surface area contributed by atoms with Crippen LogP contribution in [0.3, 0.4) is 0 Å². The van der Waals surface area contributed by atoms with Gasteiger partial charge in [0.25, 0.3) is 11.8 Å². The van der Waals surface area contributed by atoms with E-state index in [0.29, 0.717) is 86.6 Å². The second kappa shape index (κ2) is 19.1. The molecule has 0 radical (unpaired) electrons. The summed E-state index contributed by atoms with van der Waals surface area (Å²) in [6.45, 7) is 11.9. The molecule has 2 amide bonds. The fraction of sp³-hybridized carbons (Fsp3) is 0.556. The molecule has 0 bridgehead atoms. The highest BCUT2D eigenvalue weighted by Crippen LogP contribution is 2.31. The summed E-state index contributed by atoms with van der Waals surface area (Å²) in [6.07, 6.45) is 3.38. The minimum atomic E-state index is -0.143. The topological polar surface area (TPSA) is 108 Å². The standard InChI is InChI=1S/C36H53N3O8/c1-25(2)38(35(40)27-11-13-31(44-7)33(19-27)46-17-9-15-42-5)23-29-21-37-22-30(29)24-39(26(3)4)36(41)28-12-14-32(45-8)34(20-28)47-18-10-16-43-6/h11-14,19-20,23,25-26,30,37H,9-10,15-18,21-22,24H2,1-8H3/b29-23+/t30-/m0/s1. The van der Waals surface area contributed by atoms with E-state index in [9.17, 15) is 9.59 Å². The first kappa shape index (κ1) is 37.7. The van der Waals surface area contributed by atoms with E-state index in [0.717, 1.165) is 12.0 Å². The molecule has 0 aliphatic carbocycles. The van der Waals surface area contributed by atoms with E-state index >= 15 is 0 Å². The van der Waals surface area contributed by atoms with Gasteiger partial charge in [-0.15, -0.1) is 0 Å². The van der Waals surface area contributed by atoms with Crippen LogP contribution in [0.25, 0.3) is 0 Å². The van der Waals surface area contributed by atoms with Gasteiger partial charge in [-0.2, -0.15) is 0 Å². The molecule has 1 fully saturated rings. The van der Waals surface area contributed by atoms with Crippen molar-refractivity contribution in [3.8, 4) is 23.0 Å². The molecule has 3 rings (SSSR count). The fourth-order valence-electron chi connectivity index (χ4n) is 5.32. The normalized spacial score (nSPS) is 15.3. The van der Waals surface area contributed by atoms with Crippen molar-refractivity contribution < 1.29 is 38.0 Å². The summed E-state index contributed by atoms with van der Waals surface area (Å²) < 4.78 is 33.0. The van der Waals surface area contributed by atoms with Crippen LogP contribution in [0.1, 0.15) is 61.3 Å². The first-order valence-electron chi connectivity index (χ1n) is 16.3. The van der Waals surface area contributed by atoms with Crippen LogP contribution in [0.2, 0.25) is 0 Å². The van der Waals surface area contributed by atoms with Gasteiger partial charge in [0.15, 0.2) is 23.0 Å². The Bertz CT molecular complexity index is 1330. The predicted octanol–water partition coefficient (Wildman–Crippen LogP) is 5.04. The molecule has 0 aromatic heterocycles. The molecule has 0 saturated carbocycles. The number of rotatable bonds is 19. The Morgan fingerprint density at radius 3 is 1.77 bits per heavy atom. The van der Waals surface area contributed by atoms with Gasteiger partial charge in [0.1, 0.15) is 0 Å². The van der Waals surface area contributed by atoms with Crippen LogP contribution >= 0.6 is 0 Å². The second-order valence-corrected chi connectivity index (χ2v) is 12.0. The molecule has 2 aromatic carbocycles. The van der Waals surface area contributed by atoms with Gasteiger partial charge in [0, 0.05) is 95.2 Å². The van der Waals surface area contributed by atoms with Gasteiger partial charge in [-0.25, -0.2) is 0 Å². The summed E-state index contributed by atoms with van der Waals surface area (Å²) >= 11 is 0.